The molecular weight excluding hydrogens is 423 g/mol. The Kier molecular flexibility index (Phi) is 6.82. The zero-order chi connectivity index (χ0) is 20.1. The molecule has 3 rings (SSSR count). The highest BCUT2D eigenvalue weighted by Crippen LogP contribution is 2.24. The molecule has 0 atom stereocenters. The van der Waals surface area contributed by atoms with Gasteiger partial charge in [-0.3, -0.25) is 4.79 Å². The Labute approximate surface area is 174 Å². The number of amides is 1. The summed E-state index contributed by atoms with van der Waals surface area (Å²) in [6.07, 6.45) is 0.625. The van der Waals surface area contributed by atoms with Crippen molar-refractivity contribution < 1.29 is 17.9 Å². The molecule has 6 nitrogen and oxygen atoms in total. The molecule has 28 heavy (non-hydrogen) atoms. The van der Waals surface area contributed by atoms with E-state index in [-0.39, 0.29) is 31.4 Å². The van der Waals surface area contributed by atoms with Crippen molar-refractivity contribution in [2.45, 2.75) is 13.0 Å². The van der Waals surface area contributed by atoms with Gasteiger partial charge in [-0.15, -0.1) is 0 Å². The van der Waals surface area contributed by atoms with Crippen LogP contribution in [0.4, 0.5) is 0 Å². The van der Waals surface area contributed by atoms with E-state index in [1.54, 1.807) is 42.5 Å². The molecule has 0 radical (unpaired) electrons. The summed E-state index contributed by atoms with van der Waals surface area (Å²) in [5.74, 6) is 0.263. The molecule has 0 unspecified atom stereocenters. The zero-order valence-corrected chi connectivity index (χ0v) is 17.4. The molecule has 2 aromatic carbocycles. The van der Waals surface area contributed by atoms with Gasteiger partial charge in [0.05, 0.1) is 11.3 Å². The van der Waals surface area contributed by atoms with E-state index in [1.807, 2.05) is 0 Å². The van der Waals surface area contributed by atoms with Crippen molar-refractivity contribution in [3.63, 3.8) is 0 Å². The van der Waals surface area contributed by atoms with Crippen molar-refractivity contribution in [3.8, 4) is 5.75 Å². The average molecular weight is 443 g/mol. The number of hydrogen-bond acceptors (Lipinski definition) is 4. The van der Waals surface area contributed by atoms with Gasteiger partial charge < -0.3 is 10.1 Å². The van der Waals surface area contributed by atoms with E-state index in [0.29, 0.717) is 34.3 Å². The van der Waals surface area contributed by atoms with Crippen molar-refractivity contribution >= 4 is 39.1 Å². The smallest absolute Gasteiger partial charge is 0.255 e. The van der Waals surface area contributed by atoms with Crippen LogP contribution in [0.5, 0.6) is 5.75 Å². The molecule has 0 aliphatic carbocycles. The van der Waals surface area contributed by atoms with Crippen LogP contribution in [-0.2, 0) is 16.6 Å². The van der Waals surface area contributed by atoms with Crippen molar-refractivity contribution in [3.05, 3.63) is 63.6 Å². The number of carbonyl (C=O) groups is 1. The molecular formula is C19H20Cl2N2O4S. The van der Waals surface area contributed by atoms with Gasteiger partial charge in [0.25, 0.3) is 5.91 Å². The standard InChI is InChI=1S/C19H20Cl2N2O4S/c20-15-7-6-14(17(21)12-15)13-27-18-5-2-1-4-16(18)19(24)22-8-10-23-9-3-11-28(23,25)26/h1-2,4-7,12H,3,8-11,13H2,(H,22,24). The fourth-order valence-electron chi connectivity index (χ4n) is 2.91. The van der Waals surface area contributed by atoms with Crippen molar-refractivity contribution in [1.82, 2.24) is 9.62 Å². The molecule has 0 aromatic heterocycles. The number of sulfonamides is 1. The van der Waals surface area contributed by atoms with Gasteiger partial charge in [0.2, 0.25) is 10.0 Å². The molecule has 1 fully saturated rings. The van der Waals surface area contributed by atoms with Crippen LogP contribution in [0.25, 0.3) is 0 Å². The topological polar surface area (TPSA) is 75.7 Å². The first-order chi connectivity index (χ1) is 13.4. The predicted molar refractivity (Wildman–Crippen MR) is 110 cm³/mol. The Morgan fingerprint density at radius 3 is 2.68 bits per heavy atom. The van der Waals surface area contributed by atoms with E-state index in [0.717, 1.165) is 5.56 Å². The number of rotatable bonds is 7. The summed E-state index contributed by atoms with van der Waals surface area (Å²) >= 11 is 12.0. The zero-order valence-electron chi connectivity index (χ0n) is 15.0. The van der Waals surface area contributed by atoms with E-state index in [9.17, 15) is 13.2 Å². The maximum atomic E-state index is 12.5. The Hall–Kier alpha value is -1.80. The monoisotopic (exact) mass is 442 g/mol. The Morgan fingerprint density at radius 2 is 1.96 bits per heavy atom. The molecule has 1 amide bonds. The molecule has 0 saturated carbocycles. The summed E-state index contributed by atoms with van der Waals surface area (Å²) in [6.45, 7) is 1.18. The Morgan fingerprint density at radius 1 is 1.18 bits per heavy atom. The number of nitrogens with zero attached hydrogens (tertiary/aromatic N) is 1. The summed E-state index contributed by atoms with van der Waals surface area (Å²) in [5, 5.41) is 3.78. The molecule has 1 N–H and O–H groups in total. The lowest BCUT2D eigenvalue weighted by molar-refractivity contribution is 0.0947. The minimum Gasteiger partial charge on any atom is -0.488 e. The van der Waals surface area contributed by atoms with Crippen LogP contribution in [0.1, 0.15) is 22.3 Å². The number of para-hydroxylation sites is 1. The van der Waals surface area contributed by atoms with Crippen LogP contribution >= 0.6 is 23.2 Å². The first kappa shape index (κ1) is 20.9. The summed E-state index contributed by atoms with van der Waals surface area (Å²) in [7, 11) is -3.17. The third-order valence-corrected chi connectivity index (χ3v) is 6.92. The molecule has 1 heterocycles. The highest BCUT2D eigenvalue weighted by atomic mass is 35.5. The summed E-state index contributed by atoms with van der Waals surface area (Å²) < 4.78 is 30.8. The number of benzene rings is 2. The highest BCUT2D eigenvalue weighted by molar-refractivity contribution is 7.89. The van der Waals surface area contributed by atoms with E-state index in [4.69, 9.17) is 27.9 Å². The van der Waals surface area contributed by atoms with Crippen molar-refractivity contribution in [2.75, 3.05) is 25.4 Å². The van der Waals surface area contributed by atoms with Crippen LogP contribution in [-0.4, -0.2) is 44.0 Å². The molecule has 0 bridgehead atoms. The quantitative estimate of drug-likeness (QED) is 0.713. The SMILES string of the molecule is O=C(NCCN1CCCS1(=O)=O)c1ccccc1OCc1ccc(Cl)cc1Cl. The van der Waals surface area contributed by atoms with E-state index < -0.39 is 10.0 Å². The van der Waals surface area contributed by atoms with Gasteiger partial charge in [-0.2, -0.15) is 0 Å². The second-order valence-electron chi connectivity index (χ2n) is 6.35. The molecule has 1 aliphatic rings. The van der Waals surface area contributed by atoms with Crippen LogP contribution in [0, 0.1) is 0 Å². The van der Waals surface area contributed by atoms with Gasteiger partial charge in [0, 0.05) is 35.2 Å². The lowest BCUT2D eigenvalue weighted by Crippen LogP contribution is -2.36. The molecule has 150 valence electrons. The average Bonchev–Trinajstić information content (AvgIpc) is 2.99. The number of halogens is 2. The lowest BCUT2D eigenvalue weighted by atomic mass is 10.2. The molecule has 1 aliphatic heterocycles. The number of hydrogen-bond donors (Lipinski definition) is 1. The fourth-order valence-corrected chi connectivity index (χ4v) is 4.90. The van der Waals surface area contributed by atoms with E-state index >= 15 is 0 Å². The lowest BCUT2D eigenvalue weighted by Gasteiger charge is -2.15. The van der Waals surface area contributed by atoms with Gasteiger partial charge in [0.1, 0.15) is 12.4 Å². The first-order valence-corrected chi connectivity index (χ1v) is 11.1. The van der Waals surface area contributed by atoms with E-state index in [1.165, 1.54) is 4.31 Å². The predicted octanol–water partition coefficient (Wildman–Crippen LogP) is 3.34. The number of nitrogens with one attached hydrogen (secondary N) is 1. The summed E-state index contributed by atoms with van der Waals surface area (Å²) in [4.78, 5) is 12.5. The second kappa shape index (κ2) is 9.13. The summed E-state index contributed by atoms with van der Waals surface area (Å²) in [5.41, 5.74) is 1.12. The highest BCUT2D eigenvalue weighted by Gasteiger charge is 2.27. The van der Waals surface area contributed by atoms with Crippen LogP contribution in [0.3, 0.4) is 0 Å². The molecule has 2 aromatic rings. The van der Waals surface area contributed by atoms with Gasteiger partial charge in [0.15, 0.2) is 0 Å². The van der Waals surface area contributed by atoms with Crippen LogP contribution < -0.4 is 10.1 Å². The molecule has 0 spiro atoms. The van der Waals surface area contributed by atoms with Crippen LogP contribution in [0.2, 0.25) is 10.0 Å². The van der Waals surface area contributed by atoms with Crippen molar-refractivity contribution in [1.29, 1.82) is 0 Å². The number of carbonyl (C=O) groups excluding carboxylic acids is 1. The third-order valence-electron chi connectivity index (χ3n) is 4.38. The third kappa shape index (κ3) is 5.17. The summed E-state index contributed by atoms with van der Waals surface area (Å²) in [6, 6.07) is 12.0. The Bertz CT molecular complexity index is 966. The largest absolute Gasteiger partial charge is 0.488 e. The first-order valence-electron chi connectivity index (χ1n) is 8.78. The maximum absolute atomic E-state index is 12.5. The minimum absolute atomic E-state index is 0.172. The Balaban J connectivity index is 1.60. The fraction of sp³-hybridized carbons (Fsp3) is 0.316. The normalized spacial score (nSPS) is 16.1. The number of ether oxygens (including phenoxy) is 1. The second-order valence-corrected chi connectivity index (χ2v) is 9.28. The van der Waals surface area contributed by atoms with E-state index in [2.05, 4.69) is 5.32 Å². The van der Waals surface area contributed by atoms with Crippen molar-refractivity contribution in [2.24, 2.45) is 0 Å². The molecule has 9 heteroatoms. The minimum atomic E-state index is -3.17. The van der Waals surface area contributed by atoms with Gasteiger partial charge in [-0.25, -0.2) is 12.7 Å². The van der Waals surface area contributed by atoms with Gasteiger partial charge in [-0.05, 0) is 30.7 Å². The molecule has 1 saturated heterocycles. The van der Waals surface area contributed by atoms with Gasteiger partial charge >= 0.3 is 0 Å². The van der Waals surface area contributed by atoms with Gasteiger partial charge in [-0.1, -0.05) is 41.4 Å². The van der Waals surface area contributed by atoms with Crippen LogP contribution in [0.15, 0.2) is 42.5 Å². The maximum Gasteiger partial charge on any atom is 0.255 e.